The highest BCUT2D eigenvalue weighted by Gasteiger charge is 2.24. The molecule has 0 aliphatic heterocycles. The molecule has 0 spiro atoms. The summed E-state index contributed by atoms with van der Waals surface area (Å²) in [5.74, 6) is -1.10. The van der Waals surface area contributed by atoms with E-state index in [4.69, 9.17) is 0 Å². The fourth-order valence-electron chi connectivity index (χ4n) is 5.06. The smallest absolute Gasteiger partial charge is 0.267 e. The average Bonchev–Trinajstić information content (AvgIpc) is 3.05. The number of unbranched alkanes of at least 4 members (excludes halogenated alkanes) is 12. The van der Waals surface area contributed by atoms with Gasteiger partial charge in [0.2, 0.25) is 5.91 Å². The molecule has 0 rings (SSSR count). The van der Waals surface area contributed by atoms with E-state index in [0.717, 1.165) is 57.8 Å². The van der Waals surface area contributed by atoms with Crippen LogP contribution in [0.1, 0.15) is 149 Å². The maximum atomic E-state index is 12.4. The quantitative estimate of drug-likeness (QED) is 0.0371. The Morgan fingerprint density at radius 3 is 1.44 bits per heavy atom. The van der Waals surface area contributed by atoms with Gasteiger partial charge in [-0.2, -0.15) is 8.42 Å². The van der Waals surface area contributed by atoms with Crippen LogP contribution in [-0.2, 0) is 14.9 Å². The summed E-state index contributed by atoms with van der Waals surface area (Å²) in [6.07, 6.45) is 50.0. The Labute approximate surface area is 295 Å². The second kappa shape index (κ2) is 34.4. The Hall–Kier alpha value is -2.48. The predicted octanol–water partition coefficient (Wildman–Crippen LogP) is 10.8. The van der Waals surface area contributed by atoms with Crippen molar-refractivity contribution in [1.29, 1.82) is 0 Å². The van der Waals surface area contributed by atoms with Gasteiger partial charge in [0.1, 0.15) is 0 Å². The monoisotopic (exact) mass is 687 g/mol. The molecule has 3 N–H and O–H groups in total. The van der Waals surface area contributed by atoms with E-state index in [1.807, 2.05) is 18.2 Å². The van der Waals surface area contributed by atoms with E-state index in [9.17, 15) is 22.9 Å². The van der Waals surface area contributed by atoms with E-state index in [0.29, 0.717) is 6.42 Å². The minimum Gasteiger partial charge on any atom is -0.387 e. The number of aliphatic hydroxyl groups is 1. The second-order valence-corrected chi connectivity index (χ2v) is 14.0. The minimum atomic E-state index is -4.37. The van der Waals surface area contributed by atoms with E-state index in [1.165, 1.54) is 70.3 Å². The third-order valence-electron chi connectivity index (χ3n) is 7.84. The van der Waals surface area contributed by atoms with Gasteiger partial charge < -0.3 is 10.4 Å². The number of nitrogens with one attached hydrogen (secondary N) is 1. The highest BCUT2D eigenvalue weighted by atomic mass is 32.2. The van der Waals surface area contributed by atoms with Crippen LogP contribution in [0.15, 0.2) is 85.1 Å². The van der Waals surface area contributed by atoms with Crippen molar-refractivity contribution in [3.8, 4) is 0 Å². The molecule has 0 bridgehead atoms. The van der Waals surface area contributed by atoms with Gasteiger partial charge in [-0.1, -0.05) is 170 Å². The summed E-state index contributed by atoms with van der Waals surface area (Å²) in [4.78, 5) is 12.4. The Balaban J connectivity index is 4.15. The van der Waals surface area contributed by atoms with Crippen molar-refractivity contribution in [2.45, 2.75) is 161 Å². The van der Waals surface area contributed by atoms with Crippen molar-refractivity contribution < 1.29 is 22.9 Å². The summed E-state index contributed by atoms with van der Waals surface area (Å²) in [6.45, 7) is 4.38. The van der Waals surface area contributed by atoms with E-state index in [2.05, 4.69) is 79.9 Å². The molecule has 7 heteroatoms. The van der Waals surface area contributed by atoms with Crippen LogP contribution in [0.5, 0.6) is 0 Å². The zero-order valence-corrected chi connectivity index (χ0v) is 31.1. The third kappa shape index (κ3) is 34.8. The first-order valence-electron chi connectivity index (χ1n) is 18.8. The minimum absolute atomic E-state index is 0.166. The van der Waals surface area contributed by atoms with Gasteiger partial charge in [-0.3, -0.25) is 9.35 Å². The summed E-state index contributed by atoms with van der Waals surface area (Å²) < 4.78 is 32.4. The number of allylic oxidation sites excluding steroid dienone is 13. The maximum absolute atomic E-state index is 12.4. The third-order valence-corrected chi connectivity index (χ3v) is 8.62. The summed E-state index contributed by atoms with van der Waals surface area (Å²) >= 11 is 0. The van der Waals surface area contributed by atoms with Gasteiger partial charge in [0.05, 0.1) is 17.9 Å². The first-order chi connectivity index (χ1) is 23.3. The first kappa shape index (κ1) is 45.5. The number of carbonyl (C=O) groups excluding carboxylic acids is 1. The Bertz CT molecular complexity index is 1070. The van der Waals surface area contributed by atoms with Crippen LogP contribution in [0.3, 0.4) is 0 Å². The molecule has 6 nitrogen and oxygen atoms in total. The van der Waals surface area contributed by atoms with E-state index in [-0.39, 0.29) is 12.3 Å². The van der Waals surface area contributed by atoms with Gasteiger partial charge in [0.25, 0.3) is 10.1 Å². The standard InChI is InChI=1S/C41H69NO5S/c1-3-5-7-9-11-13-15-17-19-20-21-22-23-25-27-29-31-33-35-37-41(44)42-39(38-48(45,46)47)40(43)36-34-32-30-28-26-24-18-16-14-12-10-8-6-4-2/h5,7,11,13,17,19,21-22,25,27,31,33-34,36,39-40,43H,3-4,6,8-10,12,14-16,18,20,23-24,26,28-30,32,35,37-38H2,1-2H3,(H,42,44)(H,45,46,47)/b7-5-,13-11-,19-17-,22-21-,27-25-,33-31-,36-34+. The molecule has 0 aromatic heterocycles. The summed E-state index contributed by atoms with van der Waals surface area (Å²) in [5.41, 5.74) is 0. The largest absolute Gasteiger partial charge is 0.387 e. The second-order valence-electron chi connectivity index (χ2n) is 12.5. The maximum Gasteiger partial charge on any atom is 0.267 e. The molecule has 0 saturated carbocycles. The van der Waals surface area contributed by atoms with Gasteiger partial charge in [-0.05, 0) is 57.8 Å². The molecule has 2 atom stereocenters. The van der Waals surface area contributed by atoms with Gasteiger partial charge in [0.15, 0.2) is 0 Å². The van der Waals surface area contributed by atoms with E-state index in [1.54, 1.807) is 0 Å². The van der Waals surface area contributed by atoms with Crippen LogP contribution in [0.2, 0.25) is 0 Å². The van der Waals surface area contributed by atoms with Crippen molar-refractivity contribution in [2.75, 3.05) is 5.75 Å². The number of amides is 1. The van der Waals surface area contributed by atoms with Crippen LogP contribution >= 0.6 is 0 Å². The molecule has 0 fully saturated rings. The molecule has 0 heterocycles. The fourth-order valence-corrected chi connectivity index (χ4v) is 5.79. The molecule has 2 unspecified atom stereocenters. The molecule has 0 aliphatic carbocycles. The zero-order valence-electron chi connectivity index (χ0n) is 30.3. The fraction of sp³-hybridized carbons (Fsp3) is 0.634. The molecule has 0 radical (unpaired) electrons. The Morgan fingerprint density at radius 1 is 0.583 bits per heavy atom. The Kier molecular flexibility index (Phi) is 32.6. The van der Waals surface area contributed by atoms with Gasteiger partial charge in [-0.25, -0.2) is 0 Å². The Morgan fingerprint density at radius 2 is 1.00 bits per heavy atom. The van der Waals surface area contributed by atoms with Crippen LogP contribution < -0.4 is 5.32 Å². The van der Waals surface area contributed by atoms with Crippen LogP contribution in [0.25, 0.3) is 0 Å². The normalized spacial score (nSPS) is 14.3. The molecule has 48 heavy (non-hydrogen) atoms. The molecule has 1 amide bonds. The zero-order chi connectivity index (χ0) is 35.4. The lowest BCUT2D eigenvalue weighted by Crippen LogP contribution is -2.46. The SMILES string of the molecule is CC/C=C\C/C=C\C/C=C\C/C=C\C/C=C\C/C=C\CCC(=O)NC(CS(=O)(=O)O)C(O)/C=C/CCCCCCCCCCCCCC. The van der Waals surface area contributed by atoms with E-state index >= 15 is 0 Å². The molecular formula is C41H69NO5S. The molecule has 0 aliphatic rings. The first-order valence-corrected chi connectivity index (χ1v) is 20.4. The molecule has 274 valence electrons. The lowest BCUT2D eigenvalue weighted by molar-refractivity contribution is -0.122. The molecule has 0 saturated heterocycles. The van der Waals surface area contributed by atoms with Crippen LogP contribution in [0.4, 0.5) is 0 Å². The average molecular weight is 688 g/mol. The number of hydrogen-bond acceptors (Lipinski definition) is 4. The number of rotatable bonds is 32. The van der Waals surface area contributed by atoms with Crippen LogP contribution in [0, 0.1) is 0 Å². The number of carbonyl (C=O) groups is 1. The topological polar surface area (TPSA) is 104 Å². The molecule has 0 aromatic carbocycles. The van der Waals surface area contributed by atoms with Gasteiger partial charge in [0, 0.05) is 6.42 Å². The highest BCUT2D eigenvalue weighted by molar-refractivity contribution is 7.85. The summed E-state index contributed by atoms with van der Waals surface area (Å²) in [5, 5.41) is 13.1. The van der Waals surface area contributed by atoms with E-state index < -0.39 is 28.0 Å². The van der Waals surface area contributed by atoms with Crippen molar-refractivity contribution in [3.05, 3.63) is 85.1 Å². The predicted molar refractivity (Wildman–Crippen MR) is 207 cm³/mol. The van der Waals surface area contributed by atoms with Crippen molar-refractivity contribution >= 4 is 16.0 Å². The highest BCUT2D eigenvalue weighted by Crippen LogP contribution is 2.13. The summed E-state index contributed by atoms with van der Waals surface area (Å²) in [6, 6.07) is -1.10. The molecule has 0 aromatic rings. The number of aliphatic hydroxyl groups excluding tert-OH is 1. The number of hydrogen-bond donors (Lipinski definition) is 3. The van der Waals surface area contributed by atoms with Gasteiger partial charge >= 0.3 is 0 Å². The lowest BCUT2D eigenvalue weighted by atomic mass is 10.0. The van der Waals surface area contributed by atoms with Crippen LogP contribution in [-0.4, -0.2) is 41.9 Å². The lowest BCUT2D eigenvalue weighted by Gasteiger charge is -2.20. The molecular weight excluding hydrogens is 619 g/mol. The van der Waals surface area contributed by atoms with Crippen molar-refractivity contribution in [1.82, 2.24) is 5.32 Å². The summed E-state index contributed by atoms with van der Waals surface area (Å²) in [7, 11) is -4.37. The van der Waals surface area contributed by atoms with Gasteiger partial charge in [-0.15, -0.1) is 0 Å². The van der Waals surface area contributed by atoms with Crippen molar-refractivity contribution in [2.24, 2.45) is 0 Å². The van der Waals surface area contributed by atoms with Crippen molar-refractivity contribution in [3.63, 3.8) is 0 Å².